The van der Waals surface area contributed by atoms with E-state index in [1.807, 2.05) is 67.8 Å². The van der Waals surface area contributed by atoms with E-state index in [1.54, 1.807) is 12.1 Å². The Kier molecular flexibility index (Phi) is 5.80. The summed E-state index contributed by atoms with van der Waals surface area (Å²) in [5.41, 5.74) is 3.78. The van der Waals surface area contributed by atoms with E-state index < -0.39 is 5.97 Å². The lowest BCUT2D eigenvalue weighted by atomic mass is 10.1. The summed E-state index contributed by atoms with van der Waals surface area (Å²) in [5.74, 6) is 0.728. The van der Waals surface area contributed by atoms with E-state index >= 15 is 0 Å². The summed E-state index contributed by atoms with van der Waals surface area (Å²) in [5, 5.41) is 0. The van der Waals surface area contributed by atoms with Gasteiger partial charge < -0.3 is 18.8 Å². The van der Waals surface area contributed by atoms with Crippen LogP contribution >= 0.6 is 0 Å². The minimum atomic E-state index is -0.506. The molecule has 0 radical (unpaired) electrons. The number of para-hydroxylation sites is 2. The number of ether oxygens (including phenoxy) is 3. The van der Waals surface area contributed by atoms with Gasteiger partial charge in [0.25, 0.3) is 0 Å². The summed E-state index contributed by atoms with van der Waals surface area (Å²) < 4.78 is 19.1. The molecule has 3 aromatic rings. The Morgan fingerprint density at radius 1 is 1.03 bits per heavy atom. The normalized spacial score (nSPS) is 14.9. The highest BCUT2D eigenvalue weighted by Crippen LogP contribution is 2.31. The van der Waals surface area contributed by atoms with Gasteiger partial charge in [0.15, 0.2) is 24.2 Å². The molecular weight excluding hydrogens is 394 g/mol. The lowest BCUT2D eigenvalue weighted by molar-refractivity contribution is 0.0474. The number of esters is 1. The van der Waals surface area contributed by atoms with Crippen LogP contribution < -0.4 is 9.47 Å². The number of hydrogen-bond donors (Lipinski definition) is 0. The molecule has 6 nitrogen and oxygen atoms in total. The Morgan fingerprint density at radius 3 is 2.48 bits per heavy atom. The molecule has 0 amide bonds. The monoisotopic (exact) mass is 419 g/mol. The largest absolute Gasteiger partial charge is 0.486 e. The zero-order valence-corrected chi connectivity index (χ0v) is 17.9. The maximum atomic E-state index is 12.7. The van der Waals surface area contributed by atoms with Crippen molar-refractivity contribution >= 4 is 11.8 Å². The van der Waals surface area contributed by atoms with Gasteiger partial charge >= 0.3 is 5.97 Å². The molecule has 0 spiro atoms. The van der Waals surface area contributed by atoms with Crippen LogP contribution in [-0.2, 0) is 11.3 Å². The third-order valence-corrected chi connectivity index (χ3v) is 5.45. The Bertz CT molecular complexity index is 1110. The smallest absolute Gasteiger partial charge is 0.338 e. The van der Waals surface area contributed by atoms with Crippen LogP contribution in [0.15, 0.2) is 54.6 Å². The second-order valence-corrected chi connectivity index (χ2v) is 7.76. The van der Waals surface area contributed by atoms with Crippen molar-refractivity contribution in [2.24, 2.45) is 0 Å². The second kappa shape index (κ2) is 8.68. The van der Waals surface area contributed by atoms with Gasteiger partial charge in [0, 0.05) is 17.0 Å². The predicted molar refractivity (Wildman–Crippen MR) is 116 cm³/mol. The summed E-state index contributed by atoms with van der Waals surface area (Å²) in [6.07, 6.45) is -0.165. The topological polar surface area (TPSA) is 66.8 Å². The summed E-state index contributed by atoms with van der Waals surface area (Å²) in [6, 6.07) is 16.5. The van der Waals surface area contributed by atoms with E-state index in [9.17, 15) is 9.59 Å². The predicted octanol–water partition coefficient (Wildman–Crippen LogP) is 4.29. The molecule has 4 rings (SSSR count). The lowest BCUT2D eigenvalue weighted by Crippen LogP contribution is -2.33. The van der Waals surface area contributed by atoms with Crippen LogP contribution in [0, 0.1) is 20.8 Å². The first kappa shape index (κ1) is 20.7. The quantitative estimate of drug-likeness (QED) is 0.440. The number of aromatic nitrogens is 1. The standard InChI is InChI=1S/C25H25NO5/c1-16-8-10-19(11-9-16)25(28)30-15-22(27)21-12-17(2)26(18(21)3)13-20-14-29-23-6-4-5-7-24(23)31-20/h4-12,20H,13-15H2,1-3H3. The summed E-state index contributed by atoms with van der Waals surface area (Å²) >= 11 is 0. The van der Waals surface area contributed by atoms with E-state index in [1.165, 1.54) is 0 Å². The van der Waals surface area contributed by atoms with Crippen molar-refractivity contribution in [3.05, 3.63) is 82.7 Å². The minimum Gasteiger partial charge on any atom is -0.486 e. The average Bonchev–Trinajstić information content (AvgIpc) is 3.06. The number of aryl methyl sites for hydroxylation is 2. The number of benzene rings is 2. The van der Waals surface area contributed by atoms with Gasteiger partial charge in [-0.25, -0.2) is 4.79 Å². The number of ketones is 1. The molecule has 160 valence electrons. The zero-order valence-electron chi connectivity index (χ0n) is 17.9. The fourth-order valence-corrected chi connectivity index (χ4v) is 3.70. The Morgan fingerprint density at radius 2 is 1.74 bits per heavy atom. The molecule has 0 N–H and O–H groups in total. The Balaban J connectivity index is 1.41. The first-order valence-electron chi connectivity index (χ1n) is 10.2. The highest BCUT2D eigenvalue weighted by Gasteiger charge is 2.24. The van der Waals surface area contributed by atoms with Crippen LogP contribution in [0.2, 0.25) is 0 Å². The van der Waals surface area contributed by atoms with Gasteiger partial charge in [-0.1, -0.05) is 29.8 Å². The molecule has 1 aromatic heterocycles. The second-order valence-electron chi connectivity index (χ2n) is 7.76. The Hall–Kier alpha value is -3.54. The molecule has 0 bridgehead atoms. The van der Waals surface area contributed by atoms with Crippen LogP contribution in [0.1, 0.15) is 37.7 Å². The molecule has 1 aliphatic heterocycles. The fraction of sp³-hybridized carbons (Fsp3) is 0.280. The summed E-state index contributed by atoms with van der Waals surface area (Å²) in [4.78, 5) is 24.9. The van der Waals surface area contributed by atoms with Gasteiger partial charge in [0.2, 0.25) is 5.78 Å². The molecule has 0 fully saturated rings. The fourth-order valence-electron chi connectivity index (χ4n) is 3.70. The molecule has 2 aromatic carbocycles. The lowest BCUT2D eigenvalue weighted by Gasteiger charge is -2.27. The number of rotatable bonds is 6. The average molecular weight is 419 g/mol. The molecule has 2 heterocycles. The van der Waals surface area contributed by atoms with Crippen molar-refractivity contribution in [3.8, 4) is 11.5 Å². The van der Waals surface area contributed by atoms with Crippen LogP contribution in [0.3, 0.4) is 0 Å². The van der Waals surface area contributed by atoms with Crippen LogP contribution in [0.5, 0.6) is 11.5 Å². The molecule has 0 saturated heterocycles. The van der Waals surface area contributed by atoms with Gasteiger partial charge in [-0.15, -0.1) is 0 Å². The van der Waals surface area contributed by atoms with E-state index in [4.69, 9.17) is 14.2 Å². The van der Waals surface area contributed by atoms with Crippen LogP contribution in [0.25, 0.3) is 0 Å². The maximum absolute atomic E-state index is 12.7. The van der Waals surface area contributed by atoms with Crippen molar-refractivity contribution in [1.82, 2.24) is 4.57 Å². The van der Waals surface area contributed by atoms with Gasteiger partial charge in [-0.2, -0.15) is 0 Å². The summed E-state index contributed by atoms with van der Waals surface area (Å²) in [7, 11) is 0. The third-order valence-electron chi connectivity index (χ3n) is 5.45. The number of carbonyl (C=O) groups is 2. The van der Waals surface area contributed by atoms with E-state index in [2.05, 4.69) is 0 Å². The maximum Gasteiger partial charge on any atom is 0.338 e. The van der Waals surface area contributed by atoms with Crippen LogP contribution in [-0.4, -0.2) is 35.6 Å². The van der Waals surface area contributed by atoms with Crippen LogP contribution in [0.4, 0.5) is 0 Å². The molecule has 0 saturated carbocycles. The van der Waals surface area contributed by atoms with Crippen molar-refractivity contribution < 1.29 is 23.8 Å². The van der Waals surface area contributed by atoms with Crippen molar-refractivity contribution in [2.75, 3.05) is 13.2 Å². The number of hydrogen-bond acceptors (Lipinski definition) is 5. The molecule has 1 aliphatic rings. The van der Waals surface area contributed by atoms with E-state index in [0.717, 1.165) is 28.5 Å². The molecule has 1 atom stereocenters. The zero-order chi connectivity index (χ0) is 22.0. The van der Waals surface area contributed by atoms with Crippen molar-refractivity contribution in [3.63, 3.8) is 0 Å². The first-order chi connectivity index (χ1) is 14.9. The number of Topliss-reactive ketones (excluding diaryl/α,β-unsaturated/α-hetero) is 1. The first-order valence-corrected chi connectivity index (χ1v) is 10.2. The molecule has 6 heteroatoms. The molecule has 0 aliphatic carbocycles. The highest BCUT2D eigenvalue weighted by atomic mass is 16.6. The SMILES string of the molecule is Cc1ccc(C(=O)OCC(=O)c2cc(C)n(CC3COc4ccccc4O3)c2C)cc1. The molecule has 1 unspecified atom stereocenters. The third kappa shape index (κ3) is 4.48. The minimum absolute atomic E-state index is 0.165. The summed E-state index contributed by atoms with van der Waals surface area (Å²) in [6.45, 7) is 6.47. The molecule has 31 heavy (non-hydrogen) atoms. The molecular formula is C25H25NO5. The van der Waals surface area contributed by atoms with E-state index in [0.29, 0.717) is 24.3 Å². The van der Waals surface area contributed by atoms with Gasteiger partial charge in [-0.05, 0) is 51.1 Å². The number of nitrogens with zero attached hydrogens (tertiary/aromatic N) is 1. The number of fused-ring (bicyclic) bond motifs is 1. The highest BCUT2D eigenvalue weighted by molar-refractivity contribution is 6.00. The van der Waals surface area contributed by atoms with Gasteiger partial charge in [-0.3, -0.25) is 4.79 Å². The van der Waals surface area contributed by atoms with Crippen molar-refractivity contribution in [2.45, 2.75) is 33.4 Å². The Labute approximate surface area is 181 Å². The van der Waals surface area contributed by atoms with E-state index in [-0.39, 0.29) is 18.5 Å². The van der Waals surface area contributed by atoms with Crippen molar-refractivity contribution in [1.29, 1.82) is 0 Å². The van der Waals surface area contributed by atoms with Gasteiger partial charge in [0.1, 0.15) is 6.61 Å². The number of carbonyl (C=O) groups excluding carboxylic acids is 2. The van der Waals surface area contributed by atoms with Gasteiger partial charge in [0.05, 0.1) is 12.1 Å².